The van der Waals surface area contributed by atoms with Crippen LogP contribution in [-0.2, 0) is 9.57 Å². The molecule has 0 bridgehead atoms. The Morgan fingerprint density at radius 2 is 1.79 bits per heavy atom. The summed E-state index contributed by atoms with van der Waals surface area (Å²) >= 11 is 0. The van der Waals surface area contributed by atoms with Gasteiger partial charge in [0.25, 0.3) is 5.91 Å². The average Bonchev–Trinajstić information content (AvgIpc) is 2.90. The van der Waals surface area contributed by atoms with E-state index in [-0.39, 0.29) is 40.8 Å². The molecular weight excluding hydrogens is 518 g/mol. The summed E-state index contributed by atoms with van der Waals surface area (Å²) in [4.78, 5) is 29.7. The first-order chi connectivity index (χ1) is 18.1. The number of nitrogens with one attached hydrogen (secondary N) is 1. The van der Waals surface area contributed by atoms with E-state index in [9.17, 15) is 31.1 Å². The fourth-order valence-electron chi connectivity index (χ4n) is 4.34. The van der Waals surface area contributed by atoms with Crippen molar-refractivity contribution in [1.82, 2.24) is 20.4 Å². The molecule has 2 heterocycles. The minimum Gasteiger partial charge on any atom is -0.320 e. The third-order valence-electron chi connectivity index (χ3n) is 6.16. The van der Waals surface area contributed by atoms with Crippen LogP contribution in [0.4, 0.5) is 26.3 Å². The molecule has 1 fully saturated rings. The van der Waals surface area contributed by atoms with E-state index in [2.05, 4.69) is 25.2 Å². The number of carbonyl (C=O) groups is 1. The van der Waals surface area contributed by atoms with Crippen molar-refractivity contribution in [2.75, 3.05) is 6.61 Å². The van der Waals surface area contributed by atoms with Gasteiger partial charge in [0.2, 0.25) is 5.92 Å². The molecule has 1 amide bonds. The zero-order valence-corrected chi connectivity index (χ0v) is 19.7. The molecule has 1 unspecified atom stereocenters. The Hall–Kier alpha value is -3.58. The molecule has 1 aliphatic rings. The number of hydrogen-bond donors (Lipinski definition) is 1. The Morgan fingerprint density at radius 1 is 1.08 bits per heavy atom. The van der Waals surface area contributed by atoms with E-state index in [1.54, 1.807) is 0 Å². The second kappa shape index (κ2) is 11.9. The maximum Gasteiger partial charge on any atom is 0.345 e. The van der Waals surface area contributed by atoms with Gasteiger partial charge in [0.1, 0.15) is 24.1 Å². The summed E-state index contributed by atoms with van der Waals surface area (Å²) in [6.45, 7) is -4.07. The quantitative estimate of drug-likeness (QED) is 0.275. The van der Waals surface area contributed by atoms with Crippen molar-refractivity contribution in [3.05, 3.63) is 77.6 Å². The highest BCUT2D eigenvalue weighted by Crippen LogP contribution is 2.44. The predicted octanol–water partition coefficient (Wildman–Crippen LogP) is 5.75. The second-order valence-electron chi connectivity index (χ2n) is 8.67. The summed E-state index contributed by atoms with van der Waals surface area (Å²) in [7, 11) is 0. The first-order valence-electron chi connectivity index (χ1n) is 11.6. The van der Waals surface area contributed by atoms with E-state index in [0.717, 1.165) is 18.2 Å². The number of hydrogen-bond acceptors (Lipinski definition) is 6. The number of halogens is 6. The highest BCUT2D eigenvalue weighted by molar-refractivity contribution is 5.92. The number of nitrogens with zero attached hydrogens (tertiary/aromatic N) is 3. The molecule has 1 atom stereocenters. The van der Waals surface area contributed by atoms with Gasteiger partial charge in [-0.05, 0) is 42.7 Å². The standard InChI is InChI=1S/C25H22F6N4O3/c26-16-1-2-19(27)18(9-16)17-5-8-34-22(14-3-6-25(30,31)7-4-14)21(17)20(12-37-24(28)29)38-35-23(36)15-10-32-13-33-11-15/h1-2,5,8-11,13-14,20,24H,3-4,6-7,12H2,(H,35,36). The predicted molar refractivity (Wildman–Crippen MR) is 121 cm³/mol. The van der Waals surface area contributed by atoms with Crippen LogP contribution in [0, 0.1) is 11.6 Å². The smallest absolute Gasteiger partial charge is 0.320 e. The molecule has 1 aliphatic carbocycles. The fraction of sp³-hybridized carbons (Fsp3) is 0.360. The maximum atomic E-state index is 14.9. The van der Waals surface area contributed by atoms with Gasteiger partial charge in [0.05, 0.1) is 17.9 Å². The number of amides is 1. The van der Waals surface area contributed by atoms with E-state index in [0.29, 0.717) is 0 Å². The topological polar surface area (TPSA) is 86.2 Å². The Kier molecular flexibility index (Phi) is 8.57. The molecule has 7 nitrogen and oxygen atoms in total. The van der Waals surface area contributed by atoms with Crippen LogP contribution in [-0.4, -0.2) is 40.0 Å². The summed E-state index contributed by atoms with van der Waals surface area (Å²) in [5.74, 6) is -5.88. The lowest BCUT2D eigenvalue weighted by Gasteiger charge is -2.31. The number of aromatic nitrogens is 3. The molecule has 0 saturated heterocycles. The number of pyridine rings is 1. The molecule has 3 aromatic rings. The third-order valence-corrected chi connectivity index (χ3v) is 6.16. The average molecular weight is 540 g/mol. The largest absolute Gasteiger partial charge is 0.345 e. The molecule has 2 aromatic heterocycles. The number of alkyl halides is 4. The zero-order chi connectivity index (χ0) is 27.3. The van der Waals surface area contributed by atoms with Gasteiger partial charge in [-0.15, -0.1) is 0 Å². The van der Waals surface area contributed by atoms with Crippen LogP contribution in [0.25, 0.3) is 11.1 Å². The molecule has 1 N–H and O–H groups in total. The molecule has 0 radical (unpaired) electrons. The first kappa shape index (κ1) is 27.5. The van der Waals surface area contributed by atoms with Gasteiger partial charge in [0, 0.05) is 48.5 Å². The lowest BCUT2D eigenvalue weighted by Crippen LogP contribution is -2.30. The minimum atomic E-state index is -3.23. The molecule has 38 heavy (non-hydrogen) atoms. The van der Waals surface area contributed by atoms with E-state index >= 15 is 0 Å². The normalized spacial score (nSPS) is 16.4. The van der Waals surface area contributed by atoms with Crippen LogP contribution in [0.3, 0.4) is 0 Å². The Bertz CT molecular complexity index is 1260. The fourth-order valence-corrected chi connectivity index (χ4v) is 4.34. The van der Waals surface area contributed by atoms with Crippen molar-refractivity contribution in [3.8, 4) is 11.1 Å². The van der Waals surface area contributed by atoms with Crippen LogP contribution >= 0.6 is 0 Å². The number of hydroxylamine groups is 1. The molecular formula is C25H22F6N4O3. The summed E-state index contributed by atoms with van der Waals surface area (Å²) in [5.41, 5.74) is 2.04. The van der Waals surface area contributed by atoms with Crippen molar-refractivity contribution < 1.29 is 40.7 Å². The van der Waals surface area contributed by atoms with Crippen LogP contribution in [0.2, 0.25) is 0 Å². The van der Waals surface area contributed by atoms with Gasteiger partial charge in [-0.3, -0.25) is 14.6 Å². The monoisotopic (exact) mass is 540 g/mol. The van der Waals surface area contributed by atoms with E-state index in [1.807, 2.05) is 0 Å². The summed E-state index contributed by atoms with van der Waals surface area (Å²) in [5, 5.41) is 0. The van der Waals surface area contributed by atoms with Crippen LogP contribution < -0.4 is 5.48 Å². The molecule has 13 heteroatoms. The molecule has 1 aromatic carbocycles. The molecule has 1 saturated carbocycles. The molecule has 0 aliphatic heterocycles. The van der Waals surface area contributed by atoms with Gasteiger partial charge < -0.3 is 4.74 Å². The van der Waals surface area contributed by atoms with Gasteiger partial charge in [-0.1, -0.05) is 0 Å². The van der Waals surface area contributed by atoms with E-state index < -0.39 is 61.5 Å². The van der Waals surface area contributed by atoms with Crippen molar-refractivity contribution in [2.45, 2.75) is 50.2 Å². The highest BCUT2D eigenvalue weighted by atomic mass is 19.3. The van der Waals surface area contributed by atoms with Crippen LogP contribution in [0.1, 0.15) is 59.3 Å². The highest BCUT2D eigenvalue weighted by Gasteiger charge is 2.38. The van der Waals surface area contributed by atoms with Gasteiger partial charge in [0.15, 0.2) is 0 Å². The Morgan fingerprint density at radius 3 is 2.47 bits per heavy atom. The van der Waals surface area contributed by atoms with E-state index in [4.69, 9.17) is 4.84 Å². The minimum absolute atomic E-state index is 0.00176. The first-order valence-corrected chi connectivity index (χ1v) is 11.6. The maximum absolute atomic E-state index is 14.9. The summed E-state index contributed by atoms with van der Waals surface area (Å²) in [6, 6.07) is 4.01. The van der Waals surface area contributed by atoms with Crippen molar-refractivity contribution in [2.24, 2.45) is 0 Å². The molecule has 0 spiro atoms. The second-order valence-corrected chi connectivity index (χ2v) is 8.67. The lowest BCUT2D eigenvalue weighted by atomic mass is 9.80. The third kappa shape index (κ3) is 6.64. The zero-order valence-electron chi connectivity index (χ0n) is 19.7. The van der Waals surface area contributed by atoms with Crippen LogP contribution in [0.15, 0.2) is 49.2 Å². The van der Waals surface area contributed by atoms with Gasteiger partial charge in [-0.25, -0.2) is 33.0 Å². The van der Waals surface area contributed by atoms with Gasteiger partial charge in [-0.2, -0.15) is 8.78 Å². The lowest BCUT2D eigenvalue weighted by molar-refractivity contribution is -0.163. The number of rotatable bonds is 9. The number of ether oxygens (including phenoxy) is 1. The Balaban J connectivity index is 1.78. The SMILES string of the molecule is O=C(NOC(COC(F)F)c1c(-c2cc(F)ccc2F)ccnc1C1CCC(F)(F)CC1)c1cncnc1. The Labute approximate surface area is 213 Å². The molecule has 4 rings (SSSR count). The number of benzene rings is 1. The van der Waals surface area contributed by atoms with Crippen molar-refractivity contribution >= 4 is 5.91 Å². The number of carbonyl (C=O) groups excluding carboxylic acids is 1. The van der Waals surface area contributed by atoms with E-state index in [1.165, 1.54) is 31.0 Å². The van der Waals surface area contributed by atoms with Crippen LogP contribution in [0.5, 0.6) is 0 Å². The van der Waals surface area contributed by atoms with Crippen molar-refractivity contribution in [1.29, 1.82) is 0 Å². The van der Waals surface area contributed by atoms with Crippen molar-refractivity contribution in [3.63, 3.8) is 0 Å². The van der Waals surface area contributed by atoms with Gasteiger partial charge >= 0.3 is 6.61 Å². The molecule has 202 valence electrons. The summed E-state index contributed by atoms with van der Waals surface area (Å²) in [6.07, 6.45) is 2.44. The summed E-state index contributed by atoms with van der Waals surface area (Å²) < 4.78 is 87.3.